The smallest absolute Gasteiger partial charge is 0.313 e. The summed E-state index contributed by atoms with van der Waals surface area (Å²) in [6.07, 6.45) is 1.42. The number of ketones is 1. The number of aromatic nitrogens is 1. The Balaban J connectivity index is 2.51. The fraction of sp³-hybridized carbons (Fsp3) is 0.0769. The molecule has 0 bridgehead atoms. The van der Waals surface area contributed by atoms with Crippen LogP contribution in [-0.4, -0.2) is 15.7 Å². The Labute approximate surface area is 119 Å². The Hall–Kier alpha value is -2.47. The number of nitro benzene ring substituents is 1. The summed E-state index contributed by atoms with van der Waals surface area (Å²) in [4.78, 5) is 25.7. The lowest BCUT2D eigenvalue weighted by atomic mass is 10.2. The number of hydrogen-bond donors (Lipinski definition) is 0. The largest absolute Gasteiger partial charge is 0.429 e. The molecule has 0 aliphatic rings. The van der Waals surface area contributed by atoms with Crippen molar-refractivity contribution < 1.29 is 14.5 Å². The van der Waals surface area contributed by atoms with Crippen molar-refractivity contribution in [2.75, 3.05) is 0 Å². The number of Topliss-reactive ketones (excluding diaryl/α,β-unsaturated/α-hetero) is 1. The van der Waals surface area contributed by atoms with Crippen molar-refractivity contribution in [2.45, 2.75) is 6.92 Å². The van der Waals surface area contributed by atoms with Gasteiger partial charge in [-0.25, -0.2) is 4.98 Å². The van der Waals surface area contributed by atoms with E-state index in [2.05, 4.69) is 4.98 Å². The fourth-order valence-electron chi connectivity index (χ4n) is 1.58. The molecule has 2 aromatic rings. The minimum atomic E-state index is -0.613. The van der Waals surface area contributed by atoms with Gasteiger partial charge in [0.25, 0.3) is 0 Å². The number of halogens is 1. The van der Waals surface area contributed by atoms with Crippen molar-refractivity contribution in [1.82, 2.24) is 4.98 Å². The summed E-state index contributed by atoms with van der Waals surface area (Å²) in [6.45, 7) is 1.35. The summed E-state index contributed by atoms with van der Waals surface area (Å²) in [5, 5.41) is 11.0. The second kappa shape index (κ2) is 5.66. The van der Waals surface area contributed by atoms with E-state index in [9.17, 15) is 14.9 Å². The van der Waals surface area contributed by atoms with Gasteiger partial charge in [-0.1, -0.05) is 17.7 Å². The molecule has 1 heterocycles. The maximum absolute atomic E-state index is 11.5. The van der Waals surface area contributed by atoms with E-state index in [-0.39, 0.29) is 33.7 Å². The summed E-state index contributed by atoms with van der Waals surface area (Å²) in [7, 11) is 0. The van der Waals surface area contributed by atoms with Crippen LogP contribution in [0.25, 0.3) is 0 Å². The standard InChI is InChI=1S/C13H9ClN2O4/c1-8(17)9-4-3-7-15-13(9)20-12-10(14)5-2-6-11(12)16(18)19/h2-7H,1H3. The number of para-hydroxylation sites is 1. The van der Waals surface area contributed by atoms with Crippen LogP contribution in [0, 0.1) is 10.1 Å². The quantitative estimate of drug-likeness (QED) is 0.488. The molecule has 1 aromatic heterocycles. The Morgan fingerprint density at radius 2 is 2.10 bits per heavy atom. The van der Waals surface area contributed by atoms with Crippen molar-refractivity contribution in [3.63, 3.8) is 0 Å². The van der Waals surface area contributed by atoms with Gasteiger partial charge in [-0.05, 0) is 25.1 Å². The highest BCUT2D eigenvalue weighted by Gasteiger charge is 2.21. The highest BCUT2D eigenvalue weighted by molar-refractivity contribution is 6.32. The molecule has 0 amide bonds. The van der Waals surface area contributed by atoms with Gasteiger partial charge in [-0.2, -0.15) is 0 Å². The van der Waals surface area contributed by atoms with Gasteiger partial charge in [0.1, 0.15) is 0 Å². The van der Waals surface area contributed by atoms with E-state index < -0.39 is 4.92 Å². The summed E-state index contributed by atoms with van der Waals surface area (Å²) in [5.41, 5.74) is -0.0700. The van der Waals surface area contributed by atoms with E-state index in [4.69, 9.17) is 16.3 Å². The van der Waals surface area contributed by atoms with E-state index in [1.807, 2.05) is 0 Å². The molecule has 102 valence electrons. The maximum Gasteiger partial charge on any atom is 0.313 e. The van der Waals surface area contributed by atoms with Gasteiger partial charge < -0.3 is 4.74 Å². The predicted molar refractivity (Wildman–Crippen MR) is 72.4 cm³/mol. The molecule has 0 N–H and O–H groups in total. The Morgan fingerprint density at radius 1 is 1.35 bits per heavy atom. The van der Waals surface area contributed by atoms with Gasteiger partial charge in [0.15, 0.2) is 5.78 Å². The summed E-state index contributed by atoms with van der Waals surface area (Å²) < 4.78 is 5.39. The summed E-state index contributed by atoms with van der Waals surface area (Å²) in [6, 6.07) is 7.26. The number of carbonyl (C=O) groups is 1. The van der Waals surface area contributed by atoms with Crippen molar-refractivity contribution in [1.29, 1.82) is 0 Å². The number of pyridine rings is 1. The Morgan fingerprint density at radius 3 is 2.75 bits per heavy atom. The van der Waals surface area contributed by atoms with Crippen molar-refractivity contribution in [3.8, 4) is 11.6 Å². The first-order valence-electron chi connectivity index (χ1n) is 5.57. The van der Waals surface area contributed by atoms with Crippen molar-refractivity contribution in [3.05, 3.63) is 57.2 Å². The zero-order chi connectivity index (χ0) is 14.7. The maximum atomic E-state index is 11.5. The SMILES string of the molecule is CC(=O)c1cccnc1Oc1c(Cl)cccc1[N+](=O)[O-]. The molecule has 0 saturated heterocycles. The lowest BCUT2D eigenvalue weighted by Gasteiger charge is -2.09. The number of rotatable bonds is 4. The highest BCUT2D eigenvalue weighted by Crippen LogP contribution is 2.37. The third kappa shape index (κ3) is 2.75. The van der Waals surface area contributed by atoms with Crippen LogP contribution >= 0.6 is 11.6 Å². The monoisotopic (exact) mass is 292 g/mol. The van der Waals surface area contributed by atoms with Crippen molar-refractivity contribution >= 4 is 23.1 Å². The van der Waals surface area contributed by atoms with Gasteiger partial charge in [0.2, 0.25) is 11.6 Å². The second-order valence-corrected chi connectivity index (χ2v) is 4.27. The van der Waals surface area contributed by atoms with E-state index in [0.29, 0.717) is 0 Å². The molecule has 7 heteroatoms. The molecule has 0 saturated carbocycles. The van der Waals surface area contributed by atoms with Crippen LogP contribution in [-0.2, 0) is 0 Å². The molecule has 0 fully saturated rings. The number of nitro groups is 1. The predicted octanol–water partition coefficient (Wildman–Crippen LogP) is 3.64. The van der Waals surface area contributed by atoms with E-state index in [1.54, 1.807) is 6.07 Å². The molecule has 0 radical (unpaired) electrons. The zero-order valence-electron chi connectivity index (χ0n) is 10.4. The first-order valence-corrected chi connectivity index (χ1v) is 5.95. The third-order valence-corrected chi connectivity index (χ3v) is 2.79. The first kappa shape index (κ1) is 14.0. The normalized spacial score (nSPS) is 10.1. The Kier molecular flexibility index (Phi) is 3.95. The molecule has 20 heavy (non-hydrogen) atoms. The summed E-state index contributed by atoms with van der Waals surface area (Å²) in [5.74, 6) is -0.417. The van der Waals surface area contributed by atoms with Crippen LogP contribution < -0.4 is 4.74 Å². The minimum absolute atomic E-state index is 0.0174. The number of hydrogen-bond acceptors (Lipinski definition) is 5. The number of carbonyl (C=O) groups excluding carboxylic acids is 1. The van der Waals surface area contributed by atoms with Crippen LogP contribution in [0.5, 0.6) is 11.6 Å². The molecule has 0 spiro atoms. The average molecular weight is 293 g/mol. The zero-order valence-corrected chi connectivity index (χ0v) is 11.1. The first-order chi connectivity index (χ1) is 9.50. The third-order valence-electron chi connectivity index (χ3n) is 2.49. The van der Waals surface area contributed by atoms with Crippen LogP contribution in [0.2, 0.25) is 5.02 Å². The van der Waals surface area contributed by atoms with Gasteiger partial charge >= 0.3 is 5.69 Å². The van der Waals surface area contributed by atoms with E-state index in [0.717, 1.165) is 0 Å². The summed E-state index contributed by atoms with van der Waals surface area (Å²) >= 11 is 5.91. The number of nitrogens with zero attached hydrogens (tertiary/aromatic N) is 2. The molecule has 0 atom stereocenters. The fourth-order valence-corrected chi connectivity index (χ4v) is 1.79. The van der Waals surface area contributed by atoms with Gasteiger partial charge in [-0.3, -0.25) is 14.9 Å². The molecular formula is C13H9ClN2O4. The van der Waals surface area contributed by atoms with Crippen LogP contribution in [0.3, 0.4) is 0 Å². The van der Waals surface area contributed by atoms with E-state index >= 15 is 0 Å². The highest BCUT2D eigenvalue weighted by atomic mass is 35.5. The van der Waals surface area contributed by atoms with Gasteiger partial charge in [0, 0.05) is 12.3 Å². The number of ether oxygens (including phenoxy) is 1. The van der Waals surface area contributed by atoms with Crippen LogP contribution in [0.15, 0.2) is 36.5 Å². The molecular weight excluding hydrogens is 284 g/mol. The van der Waals surface area contributed by atoms with Crippen LogP contribution in [0.1, 0.15) is 17.3 Å². The molecule has 0 aliphatic carbocycles. The minimum Gasteiger partial charge on any atom is -0.429 e. The lowest BCUT2D eigenvalue weighted by Crippen LogP contribution is -2.01. The average Bonchev–Trinajstić information content (AvgIpc) is 2.41. The van der Waals surface area contributed by atoms with Crippen LogP contribution in [0.4, 0.5) is 5.69 Å². The lowest BCUT2D eigenvalue weighted by molar-refractivity contribution is -0.385. The molecule has 6 nitrogen and oxygen atoms in total. The van der Waals surface area contributed by atoms with Gasteiger partial charge in [-0.15, -0.1) is 0 Å². The molecule has 1 aromatic carbocycles. The number of benzene rings is 1. The Bertz CT molecular complexity index is 688. The second-order valence-electron chi connectivity index (χ2n) is 3.86. The molecule has 0 aliphatic heterocycles. The van der Waals surface area contributed by atoms with Crippen molar-refractivity contribution in [2.24, 2.45) is 0 Å². The van der Waals surface area contributed by atoms with Gasteiger partial charge in [0.05, 0.1) is 15.5 Å². The molecule has 0 unspecified atom stereocenters. The van der Waals surface area contributed by atoms with E-state index in [1.165, 1.54) is 37.4 Å². The topological polar surface area (TPSA) is 82.3 Å². The molecule has 2 rings (SSSR count).